The lowest BCUT2D eigenvalue weighted by Gasteiger charge is -2.15. The van der Waals surface area contributed by atoms with Crippen LogP contribution in [0, 0.1) is 0 Å². The first kappa shape index (κ1) is 27.5. The number of benzene rings is 2. The van der Waals surface area contributed by atoms with Crippen LogP contribution in [0.4, 0.5) is 0 Å². The number of ether oxygens (including phenoxy) is 9. The van der Waals surface area contributed by atoms with Crippen LogP contribution in [-0.2, 0) is 23.7 Å². The van der Waals surface area contributed by atoms with Gasteiger partial charge in [-0.05, 0) is 30.3 Å². The van der Waals surface area contributed by atoms with Gasteiger partial charge in [-0.1, -0.05) is 12.1 Å². The molecule has 0 N–H and O–H groups in total. The third kappa shape index (κ3) is 9.90. The molecule has 1 aliphatic rings. The Hall–Kier alpha value is -3.05. The van der Waals surface area contributed by atoms with Crippen molar-refractivity contribution in [1.82, 2.24) is 0 Å². The van der Waals surface area contributed by atoms with Crippen molar-refractivity contribution in [3.05, 3.63) is 48.0 Å². The molecule has 36 heavy (non-hydrogen) atoms. The number of para-hydroxylation sites is 2. The summed E-state index contributed by atoms with van der Waals surface area (Å²) in [6.45, 7) is 4.59. The quantitative estimate of drug-likeness (QED) is 0.537. The summed E-state index contributed by atoms with van der Waals surface area (Å²) >= 11 is 0. The van der Waals surface area contributed by atoms with Crippen LogP contribution in [0.5, 0.6) is 23.0 Å². The Kier molecular flexibility index (Phi) is 12.7. The third-order valence-electron chi connectivity index (χ3n) is 4.90. The maximum Gasteiger partial charge on any atom is 0.337 e. The maximum absolute atomic E-state index is 11.9. The fourth-order valence-electron chi connectivity index (χ4n) is 3.16. The molecule has 0 bridgehead atoms. The second-order valence-electron chi connectivity index (χ2n) is 7.44. The van der Waals surface area contributed by atoms with E-state index in [0.29, 0.717) is 101 Å². The van der Waals surface area contributed by atoms with E-state index < -0.39 is 5.97 Å². The summed E-state index contributed by atoms with van der Waals surface area (Å²) in [6.07, 6.45) is 0. The largest absolute Gasteiger partial charge is 0.487 e. The van der Waals surface area contributed by atoms with Gasteiger partial charge in [0.05, 0.1) is 65.5 Å². The number of methoxy groups -OCH3 is 1. The molecule has 1 aliphatic heterocycles. The molecule has 0 aliphatic carbocycles. The van der Waals surface area contributed by atoms with E-state index in [1.54, 1.807) is 18.2 Å². The van der Waals surface area contributed by atoms with Crippen molar-refractivity contribution in [1.29, 1.82) is 0 Å². The molecule has 0 fully saturated rings. The predicted molar refractivity (Wildman–Crippen MR) is 129 cm³/mol. The summed E-state index contributed by atoms with van der Waals surface area (Å²) in [5, 5.41) is 0. The summed E-state index contributed by atoms with van der Waals surface area (Å²) in [5.41, 5.74) is 0.365. The molecule has 0 atom stereocenters. The topological polar surface area (TPSA) is 100 Å². The monoisotopic (exact) mass is 506 g/mol. The summed E-state index contributed by atoms with van der Waals surface area (Å²) in [4.78, 5) is 11.9. The molecule has 0 amide bonds. The lowest BCUT2D eigenvalue weighted by Crippen LogP contribution is -2.15. The molecule has 3 rings (SSSR count). The SMILES string of the molecule is COC(=O)c1ccc2c(c1)OCCOCCOCCOc1ccccc1OCCOCCOCCO2. The number of rotatable bonds is 1. The van der Waals surface area contributed by atoms with Gasteiger partial charge in [0.25, 0.3) is 0 Å². The molecule has 0 spiro atoms. The van der Waals surface area contributed by atoms with Crippen molar-refractivity contribution in [2.45, 2.75) is 0 Å². The van der Waals surface area contributed by atoms with Crippen LogP contribution < -0.4 is 18.9 Å². The fraction of sp³-hybridized carbons (Fsp3) is 0.500. The standard InChI is InChI=1S/C26H34O10/c1-28-26(27)21-6-7-24-25(20-21)36-19-15-32-11-10-30-13-17-34-23-5-3-2-4-22(23)33-16-12-29-8-9-31-14-18-35-24/h2-7,20H,8-19H2,1H3. The summed E-state index contributed by atoms with van der Waals surface area (Å²) in [5.74, 6) is 1.78. The van der Waals surface area contributed by atoms with Gasteiger partial charge in [0.1, 0.15) is 26.4 Å². The highest BCUT2D eigenvalue weighted by molar-refractivity contribution is 5.90. The molecule has 10 heteroatoms. The first-order valence-electron chi connectivity index (χ1n) is 11.9. The Balaban J connectivity index is 1.51. The predicted octanol–water partition coefficient (Wildman–Crippen LogP) is 2.77. The molecule has 0 unspecified atom stereocenters. The Morgan fingerprint density at radius 2 is 0.944 bits per heavy atom. The van der Waals surface area contributed by atoms with Gasteiger partial charge >= 0.3 is 5.97 Å². The number of fused-ring (bicyclic) bond motifs is 2. The summed E-state index contributed by atoms with van der Waals surface area (Å²) in [7, 11) is 1.33. The Morgan fingerprint density at radius 3 is 1.39 bits per heavy atom. The van der Waals surface area contributed by atoms with Gasteiger partial charge in [-0.2, -0.15) is 0 Å². The molecule has 2 aromatic carbocycles. The van der Waals surface area contributed by atoms with Crippen molar-refractivity contribution < 1.29 is 47.4 Å². The second kappa shape index (κ2) is 16.6. The fourth-order valence-corrected chi connectivity index (χ4v) is 3.16. The minimum absolute atomic E-state index is 0.273. The Bertz CT molecular complexity index is 904. The highest BCUT2D eigenvalue weighted by atomic mass is 16.6. The number of esters is 1. The van der Waals surface area contributed by atoms with Gasteiger partial charge in [-0.15, -0.1) is 0 Å². The van der Waals surface area contributed by atoms with Crippen molar-refractivity contribution in [3.8, 4) is 23.0 Å². The second-order valence-corrected chi connectivity index (χ2v) is 7.44. The minimum atomic E-state index is -0.458. The molecule has 2 aromatic rings. The summed E-state index contributed by atoms with van der Waals surface area (Å²) in [6, 6.07) is 12.4. The molecule has 198 valence electrons. The van der Waals surface area contributed by atoms with Crippen LogP contribution >= 0.6 is 0 Å². The van der Waals surface area contributed by atoms with E-state index in [1.165, 1.54) is 7.11 Å². The van der Waals surface area contributed by atoms with E-state index >= 15 is 0 Å². The minimum Gasteiger partial charge on any atom is -0.487 e. The zero-order chi connectivity index (χ0) is 25.3. The average molecular weight is 507 g/mol. The third-order valence-corrected chi connectivity index (χ3v) is 4.90. The van der Waals surface area contributed by atoms with Crippen molar-refractivity contribution in [3.63, 3.8) is 0 Å². The number of carbonyl (C=O) groups is 1. The van der Waals surface area contributed by atoms with Crippen LogP contribution in [0.15, 0.2) is 42.5 Å². The highest BCUT2D eigenvalue weighted by Gasteiger charge is 2.12. The Morgan fingerprint density at radius 1 is 0.556 bits per heavy atom. The highest BCUT2D eigenvalue weighted by Crippen LogP contribution is 2.29. The van der Waals surface area contributed by atoms with Crippen molar-refractivity contribution in [2.75, 3.05) is 86.4 Å². The maximum atomic E-state index is 11.9. The smallest absolute Gasteiger partial charge is 0.337 e. The molecule has 0 saturated carbocycles. The number of hydrogen-bond acceptors (Lipinski definition) is 10. The first-order valence-corrected chi connectivity index (χ1v) is 11.9. The van der Waals surface area contributed by atoms with E-state index in [-0.39, 0.29) is 6.61 Å². The zero-order valence-corrected chi connectivity index (χ0v) is 20.6. The lowest BCUT2D eigenvalue weighted by molar-refractivity contribution is 0.0223. The number of carbonyl (C=O) groups excluding carboxylic acids is 1. The lowest BCUT2D eigenvalue weighted by atomic mass is 10.2. The van der Waals surface area contributed by atoms with Crippen LogP contribution in [0.2, 0.25) is 0 Å². The molecule has 0 radical (unpaired) electrons. The van der Waals surface area contributed by atoms with Crippen molar-refractivity contribution in [2.24, 2.45) is 0 Å². The van der Waals surface area contributed by atoms with E-state index in [1.807, 2.05) is 24.3 Å². The summed E-state index contributed by atoms with van der Waals surface area (Å²) < 4.78 is 50.2. The van der Waals surface area contributed by atoms with Crippen LogP contribution in [-0.4, -0.2) is 92.4 Å². The van der Waals surface area contributed by atoms with Gasteiger partial charge < -0.3 is 42.6 Å². The van der Waals surface area contributed by atoms with Crippen molar-refractivity contribution >= 4 is 5.97 Å². The molecule has 0 saturated heterocycles. The molecule has 0 aromatic heterocycles. The van der Waals surface area contributed by atoms with Crippen LogP contribution in [0.25, 0.3) is 0 Å². The van der Waals surface area contributed by atoms with E-state index in [2.05, 4.69) is 0 Å². The van der Waals surface area contributed by atoms with Gasteiger partial charge in [0.15, 0.2) is 23.0 Å². The van der Waals surface area contributed by atoms with Gasteiger partial charge in [0, 0.05) is 0 Å². The van der Waals surface area contributed by atoms with Crippen LogP contribution in [0.1, 0.15) is 10.4 Å². The first-order chi connectivity index (χ1) is 17.8. The van der Waals surface area contributed by atoms with E-state index in [0.717, 1.165) is 0 Å². The molecular weight excluding hydrogens is 472 g/mol. The number of hydrogen-bond donors (Lipinski definition) is 0. The molecular formula is C26H34O10. The van der Waals surface area contributed by atoms with Gasteiger partial charge in [-0.25, -0.2) is 4.79 Å². The van der Waals surface area contributed by atoms with Gasteiger partial charge in [-0.3, -0.25) is 0 Å². The molecule has 10 nitrogen and oxygen atoms in total. The zero-order valence-electron chi connectivity index (χ0n) is 20.6. The molecule has 1 heterocycles. The normalized spacial score (nSPS) is 17.4. The van der Waals surface area contributed by atoms with E-state index in [9.17, 15) is 4.79 Å². The average Bonchev–Trinajstić information content (AvgIpc) is 2.91. The van der Waals surface area contributed by atoms with E-state index in [4.69, 9.17) is 42.6 Å². The van der Waals surface area contributed by atoms with Gasteiger partial charge in [0.2, 0.25) is 0 Å². The van der Waals surface area contributed by atoms with Crippen LogP contribution in [0.3, 0.4) is 0 Å². The Labute approximate surface area is 211 Å².